The molecule has 2 amide bonds. The number of hydrogen-bond acceptors (Lipinski definition) is 4. The van der Waals surface area contributed by atoms with Crippen LogP contribution < -0.4 is 0 Å². The van der Waals surface area contributed by atoms with E-state index in [2.05, 4.69) is 0 Å². The third kappa shape index (κ3) is 3.32. The average Bonchev–Trinajstić information content (AvgIpc) is 3.25. The van der Waals surface area contributed by atoms with Crippen LogP contribution in [-0.4, -0.2) is 26.5 Å². The Kier molecular flexibility index (Phi) is 4.74. The predicted octanol–water partition coefficient (Wildman–Crippen LogP) is 4.22. The van der Waals surface area contributed by atoms with E-state index in [1.165, 1.54) is 6.07 Å². The highest BCUT2D eigenvalue weighted by Crippen LogP contribution is 2.32. The first-order valence-electron chi connectivity index (χ1n) is 10.4. The van der Waals surface area contributed by atoms with Crippen molar-refractivity contribution >= 4 is 17.5 Å². The van der Waals surface area contributed by atoms with Crippen LogP contribution in [0.15, 0.2) is 60.7 Å². The Labute approximate surface area is 185 Å². The first kappa shape index (κ1) is 19.9. The summed E-state index contributed by atoms with van der Waals surface area (Å²) in [6.07, 6.45) is 0. The number of nitro groups is 1. The summed E-state index contributed by atoms with van der Waals surface area (Å²) in [6, 6.07) is 18.5. The first-order valence-corrected chi connectivity index (χ1v) is 10.4. The van der Waals surface area contributed by atoms with Gasteiger partial charge < -0.3 is 9.80 Å². The Morgan fingerprint density at radius 1 is 0.812 bits per heavy atom. The molecule has 32 heavy (non-hydrogen) atoms. The molecule has 2 heterocycles. The van der Waals surface area contributed by atoms with Crippen LogP contribution in [-0.2, 0) is 26.2 Å². The highest BCUT2D eigenvalue weighted by molar-refractivity contribution is 6.02. The molecule has 0 aromatic heterocycles. The third-order valence-corrected chi connectivity index (χ3v) is 6.15. The zero-order chi connectivity index (χ0) is 22.4. The number of aryl methyl sites for hydroxylation is 1. The standard InChI is InChI=1S/C25H21N3O4/c1-16-5-2-8-19-14-26(24(29)22(16)19)12-17-6-3-7-18(11-17)13-27-15-20-9-4-10-21(28(31)32)23(20)25(27)30/h2-11H,12-15H2,1H3. The first-order chi connectivity index (χ1) is 15.4. The van der Waals surface area contributed by atoms with Crippen molar-refractivity contribution in [2.45, 2.75) is 33.1 Å². The molecule has 2 aliphatic heterocycles. The van der Waals surface area contributed by atoms with E-state index < -0.39 is 4.92 Å². The molecule has 0 N–H and O–H groups in total. The number of amides is 2. The van der Waals surface area contributed by atoms with Crippen LogP contribution in [0.3, 0.4) is 0 Å². The van der Waals surface area contributed by atoms with Gasteiger partial charge in [-0.2, -0.15) is 0 Å². The van der Waals surface area contributed by atoms with Gasteiger partial charge in [-0.15, -0.1) is 0 Å². The summed E-state index contributed by atoms with van der Waals surface area (Å²) in [7, 11) is 0. The van der Waals surface area contributed by atoms with Crippen molar-refractivity contribution in [2.75, 3.05) is 0 Å². The number of nitrogens with zero attached hydrogens (tertiary/aromatic N) is 3. The maximum atomic E-state index is 12.9. The van der Waals surface area contributed by atoms with E-state index in [-0.39, 0.29) is 23.1 Å². The zero-order valence-electron chi connectivity index (χ0n) is 17.6. The number of hydrogen-bond donors (Lipinski definition) is 0. The van der Waals surface area contributed by atoms with Crippen LogP contribution in [0.2, 0.25) is 0 Å². The van der Waals surface area contributed by atoms with Crippen LogP contribution in [0.25, 0.3) is 0 Å². The Hall–Kier alpha value is -4.00. The molecular formula is C25H21N3O4. The molecule has 0 bridgehead atoms. The lowest BCUT2D eigenvalue weighted by molar-refractivity contribution is -0.385. The van der Waals surface area contributed by atoms with Gasteiger partial charge in [-0.05, 0) is 34.7 Å². The number of benzene rings is 3. The van der Waals surface area contributed by atoms with Crippen molar-refractivity contribution in [3.63, 3.8) is 0 Å². The summed E-state index contributed by atoms with van der Waals surface area (Å²) in [5, 5.41) is 11.3. The third-order valence-electron chi connectivity index (χ3n) is 6.15. The van der Waals surface area contributed by atoms with E-state index in [0.717, 1.165) is 27.8 Å². The lowest BCUT2D eigenvalue weighted by Crippen LogP contribution is -2.25. The minimum atomic E-state index is -0.506. The summed E-state index contributed by atoms with van der Waals surface area (Å²) in [6.45, 7) is 3.73. The van der Waals surface area contributed by atoms with E-state index in [1.807, 2.05) is 54.3 Å². The molecule has 160 valence electrons. The van der Waals surface area contributed by atoms with E-state index >= 15 is 0 Å². The van der Waals surface area contributed by atoms with Gasteiger partial charge in [-0.3, -0.25) is 19.7 Å². The molecule has 0 saturated heterocycles. The number of carbonyl (C=O) groups is 2. The van der Waals surface area contributed by atoms with Gasteiger partial charge >= 0.3 is 0 Å². The normalized spacial score (nSPS) is 14.7. The van der Waals surface area contributed by atoms with E-state index in [9.17, 15) is 19.7 Å². The minimum Gasteiger partial charge on any atom is -0.330 e. The van der Waals surface area contributed by atoms with Crippen molar-refractivity contribution < 1.29 is 14.5 Å². The zero-order valence-corrected chi connectivity index (χ0v) is 17.6. The van der Waals surface area contributed by atoms with Gasteiger partial charge in [0.2, 0.25) is 0 Å². The summed E-state index contributed by atoms with van der Waals surface area (Å²) < 4.78 is 0. The quantitative estimate of drug-likeness (QED) is 0.451. The van der Waals surface area contributed by atoms with Gasteiger partial charge in [0.1, 0.15) is 5.56 Å². The average molecular weight is 427 g/mol. The Balaban J connectivity index is 1.32. The van der Waals surface area contributed by atoms with Gasteiger partial charge in [0.05, 0.1) is 4.92 Å². The molecule has 2 aliphatic rings. The Morgan fingerprint density at radius 2 is 1.34 bits per heavy atom. The van der Waals surface area contributed by atoms with Crippen LogP contribution in [0.1, 0.15) is 48.5 Å². The molecule has 3 aromatic carbocycles. The second kappa shape index (κ2) is 7.60. The fourth-order valence-electron chi connectivity index (χ4n) is 4.68. The fourth-order valence-corrected chi connectivity index (χ4v) is 4.68. The highest BCUT2D eigenvalue weighted by atomic mass is 16.6. The van der Waals surface area contributed by atoms with E-state index in [4.69, 9.17) is 0 Å². The maximum absolute atomic E-state index is 12.9. The fraction of sp³-hybridized carbons (Fsp3) is 0.200. The van der Waals surface area contributed by atoms with E-state index in [0.29, 0.717) is 31.7 Å². The van der Waals surface area contributed by atoms with Crippen molar-refractivity contribution in [3.8, 4) is 0 Å². The van der Waals surface area contributed by atoms with Crippen molar-refractivity contribution in [3.05, 3.63) is 110 Å². The Bertz CT molecular complexity index is 1280. The molecule has 0 unspecified atom stereocenters. The van der Waals surface area contributed by atoms with Crippen LogP contribution in [0.4, 0.5) is 5.69 Å². The number of carbonyl (C=O) groups excluding carboxylic acids is 2. The number of nitro benzene ring substituents is 1. The van der Waals surface area contributed by atoms with Crippen LogP contribution in [0.5, 0.6) is 0 Å². The minimum absolute atomic E-state index is 0.0426. The molecular weight excluding hydrogens is 406 g/mol. The van der Waals surface area contributed by atoms with Crippen LogP contribution >= 0.6 is 0 Å². The summed E-state index contributed by atoms with van der Waals surface area (Å²) in [5.41, 5.74) is 5.46. The highest BCUT2D eigenvalue weighted by Gasteiger charge is 2.34. The molecule has 0 radical (unpaired) electrons. The molecule has 7 nitrogen and oxygen atoms in total. The second-order valence-corrected chi connectivity index (χ2v) is 8.32. The summed E-state index contributed by atoms with van der Waals surface area (Å²) in [5.74, 6) is -0.278. The van der Waals surface area contributed by atoms with Gasteiger partial charge in [0.25, 0.3) is 17.5 Å². The molecule has 0 saturated carbocycles. The van der Waals surface area contributed by atoms with Crippen molar-refractivity contribution in [1.82, 2.24) is 9.80 Å². The molecule has 5 rings (SSSR count). The SMILES string of the molecule is Cc1cccc2c1C(=O)N(Cc1cccc(CN3Cc4cccc([N+](=O)[O-])c4C3=O)c1)C2. The summed E-state index contributed by atoms with van der Waals surface area (Å²) in [4.78, 5) is 40.0. The Morgan fingerprint density at radius 3 is 1.94 bits per heavy atom. The van der Waals surface area contributed by atoms with Crippen LogP contribution in [0, 0.1) is 17.0 Å². The lowest BCUT2D eigenvalue weighted by atomic mass is 10.0. The van der Waals surface area contributed by atoms with Gasteiger partial charge in [-0.1, -0.05) is 54.6 Å². The maximum Gasteiger partial charge on any atom is 0.282 e. The topological polar surface area (TPSA) is 83.8 Å². The van der Waals surface area contributed by atoms with Gasteiger partial charge in [0, 0.05) is 37.8 Å². The van der Waals surface area contributed by atoms with Gasteiger partial charge in [0.15, 0.2) is 0 Å². The summed E-state index contributed by atoms with van der Waals surface area (Å²) >= 11 is 0. The molecule has 3 aromatic rings. The number of fused-ring (bicyclic) bond motifs is 2. The molecule has 0 atom stereocenters. The smallest absolute Gasteiger partial charge is 0.282 e. The molecule has 0 spiro atoms. The monoisotopic (exact) mass is 427 g/mol. The number of rotatable bonds is 5. The van der Waals surface area contributed by atoms with Gasteiger partial charge in [-0.25, -0.2) is 0 Å². The second-order valence-electron chi connectivity index (χ2n) is 8.32. The molecule has 0 aliphatic carbocycles. The lowest BCUT2D eigenvalue weighted by Gasteiger charge is -2.18. The van der Waals surface area contributed by atoms with Crippen molar-refractivity contribution in [2.24, 2.45) is 0 Å². The molecule has 7 heteroatoms. The largest absolute Gasteiger partial charge is 0.330 e. The predicted molar refractivity (Wildman–Crippen MR) is 118 cm³/mol. The molecule has 0 fully saturated rings. The van der Waals surface area contributed by atoms with E-state index in [1.54, 1.807) is 17.0 Å². The van der Waals surface area contributed by atoms with Crippen molar-refractivity contribution in [1.29, 1.82) is 0 Å².